The minimum absolute atomic E-state index is 0.104. The summed E-state index contributed by atoms with van der Waals surface area (Å²) in [7, 11) is 0. The summed E-state index contributed by atoms with van der Waals surface area (Å²) in [5.41, 5.74) is 2.98. The van der Waals surface area contributed by atoms with Gasteiger partial charge < -0.3 is 4.98 Å². The number of Topliss-reactive ketones (excluding diaryl/α,β-unsaturated/α-hetero) is 1. The van der Waals surface area contributed by atoms with Gasteiger partial charge in [-0.25, -0.2) is 4.98 Å². The first-order valence-corrected chi connectivity index (χ1v) is 5.25. The maximum Gasteiger partial charge on any atom is 0.170 e. The molecule has 0 saturated carbocycles. The summed E-state index contributed by atoms with van der Waals surface area (Å²) >= 11 is 0. The predicted molar refractivity (Wildman–Crippen MR) is 62.5 cm³/mol. The second kappa shape index (κ2) is 4.31. The van der Waals surface area contributed by atoms with Gasteiger partial charge >= 0.3 is 0 Å². The van der Waals surface area contributed by atoms with Crippen molar-refractivity contribution in [3.63, 3.8) is 0 Å². The zero-order valence-electron chi connectivity index (χ0n) is 9.45. The number of ketones is 1. The van der Waals surface area contributed by atoms with Crippen LogP contribution in [0.5, 0.6) is 0 Å². The molecule has 0 spiro atoms. The zero-order chi connectivity index (χ0) is 11.5. The monoisotopic (exact) mass is 214 g/mol. The molecule has 0 aliphatic heterocycles. The second-order valence-corrected chi connectivity index (χ2v) is 3.95. The van der Waals surface area contributed by atoms with E-state index in [0.717, 1.165) is 11.1 Å². The maximum absolute atomic E-state index is 12.0. The van der Waals surface area contributed by atoms with Gasteiger partial charge in [0.25, 0.3) is 0 Å². The lowest BCUT2D eigenvalue weighted by molar-refractivity contribution is 0.0990. The Morgan fingerprint density at radius 3 is 2.81 bits per heavy atom. The molecule has 0 unspecified atom stereocenters. The van der Waals surface area contributed by atoms with E-state index in [1.807, 2.05) is 32.0 Å². The van der Waals surface area contributed by atoms with E-state index < -0.39 is 0 Å². The van der Waals surface area contributed by atoms with Crippen LogP contribution in [0, 0.1) is 13.8 Å². The number of nitrogens with one attached hydrogen (secondary N) is 1. The molecule has 1 aromatic carbocycles. The Balaban J connectivity index is 2.21. The molecule has 0 aliphatic carbocycles. The summed E-state index contributed by atoms with van der Waals surface area (Å²) in [5, 5.41) is 0. The number of aromatic amines is 1. The fourth-order valence-corrected chi connectivity index (χ4v) is 1.77. The van der Waals surface area contributed by atoms with Crippen molar-refractivity contribution in [2.45, 2.75) is 20.3 Å². The molecular formula is C13H14N2O. The number of hydrogen-bond donors (Lipinski definition) is 1. The largest absolute Gasteiger partial charge is 0.348 e. The summed E-state index contributed by atoms with van der Waals surface area (Å²) in [6, 6.07) is 5.87. The number of benzene rings is 1. The van der Waals surface area contributed by atoms with Crippen LogP contribution in [0.2, 0.25) is 0 Å². The van der Waals surface area contributed by atoms with Crippen molar-refractivity contribution in [1.29, 1.82) is 0 Å². The first-order valence-electron chi connectivity index (χ1n) is 5.25. The quantitative estimate of drug-likeness (QED) is 0.798. The maximum atomic E-state index is 12.0. The van der Waals surface area contributed by atoms with E-state index in [0.29, 0.717) is 12.2 Å². The fourth-order valence-electron chi connectivity index (χ4n) is 1.77. The lowest BCUT2D eigenvalue weighted by atomic mass is 10.0. The number of aromatic nitrogens is 2. The molecule has 1 aromatic heterocycles. The average molecular weight is 214 g/mol. The van der Waals surface area contributed by atoms with Gasteiger partial charge in [-0.3, -0.25) is 4.79 Å². The molecule has 16 heavy (non-hydrogen) atoms. The standard InChI is InChI=1S/C13H14N2O/c1-9-3-4-11(10(2)7-9)12(16)8-13-14-5-6-15-13/h3-7H,8H2,1-2H3,(H,14,15). The van der Waals surface area contributed by atoms with Gasteiger partial charge in [0.05, 0.1) is 6.42 Å². The topological polar surface area (TPSA) is 45.8 Å². The van der Waals surface area contributed by atoms with E-state index in [2.05, 4.69) is 9.97 Å². The molecule has 1 N–H and O–H groups in total. The van der Waals surface area contributed by atoms with Crippen LogP contribution in [0.1, 0.15) is 27.3 Å². The molecule has 0 atom stereocenters. The van der Waals surface area contributed by atoms with Crippen molar-refractivity contribution in [2.75, 3.05) is 0 Å². The van der Waals surface area contributed by atoms with E-state index in [1.54, 1.807) is 12.4 Å². The molecule has 1 heterocycles. The Labute approximate surface area is 94.5 Å². The number of aryl methyl sites for hydroxylation is 2. The summed E-state index contributed by atoms with van der Waals surface area (Å²) < 4.78 is 0. The van der Waals surface area contributed by atoms with Gasteiger partial charge in [-0.1, -0.05) is 23.8 Å². The van der Waals surface area contributed by atoms with Crippen molar-refractivity contribution in [1.82, 2.24) is 9.97 Å². The number of rotatable bonds is 3. The molecule has 0 fully saturated rings. The molecule has 3 nitrogen and oxygen atoms in total. The number of imidazole rings is 1. The molecular weight excluding hydrogens is 200 g/mol. The van der Waals surface area contributed by atoms with Crippen LogP contribution in [0.25, 0.3) is 0 Å². The first kappa shape index (κ1) is 10.6. The molecule has 0 bridgehead atoms. The van der Waals surface area contributed by atoms with Crippen LogP contribution in [0.3, 0.4) is 0 Å². The van der Waals surface area contributed by atoms with Crippen LogP contribution in [-0.4, -0.2) is 15.8 Å². The van der Waals surface area contributed by atoms with Crippen LogP contribution in [0.4, 0.5) is 0 Å². The van der Waals surface area contributed by atoms with E-state index in [-0.39, 0.29) is 5.78 Å². The van der Waals surface area contributed by atoms with Gasteiger partial charge in [0.1, 0.15) is 5.82 Å². The molecule has 2 aromatic rings. The number of H-pyrrole nitrogens is 1. The number of carbonyl (C=O) groups excluding carboxylic acids is 1. The summed E-state index contributed by atoms with van der Waals surface area (Å²) in [5.74, 6) is 0.817. The smallest absolute Gasteiger partial charge is 0.170 e. The zero-order valence-corrected chi connectivity index (χ0v) is 9.45. The second-order valence-electron chi connectivity index (χ2n) is 3.95. The van der Waals surface area contributed by atoms with Gasteiger partial charge in [-0.05, 0) is 19.4 Å². The predicted octanol–water partition coefficient (Wildman–Crippen LogP) is 2.45. The van der Waals surface area contributed by atoms with Crippen LogP contribution in [0.15, 0.2) is 30.6 Å². The van der Waals surface area contributed by atoms with Gasteiger partial charge in [-0.15, -0.1) is 0 Å². The average Bonchev–Trinajstić information content (AvgIpc) is 2.70. The van der Waals surface area contributed by atoms with Crippen molar-refractivity contribution in [3.05, 3.63) is 53.1 Å². The number of nitrogens with zero attached hydrogens (tertiary/aromatic N) is 1. The lowest BCUT2D eigenvalue weighted by Crippen LogP contribution is -2.06. The molecule has 3 heteroatoms. The van der Waals surface area contributed by atoms with E-state index in [4.69, 9.17) is 0 Å². The van der Waals surface area contributed by atoms with Crippen LogP contribution >= 0.6 is 0 Å². The van der Waals surface area contributed by atoms with E-state index in [1.165, 1.54) is 5.56 Å². The number of carbonyl (C=O) groups is 1. The molecule has 0 amide bonds. The van der Waals surface area contributed by atoms with Gasteiger partial charge in [0, 0.05) is 18.0 Å². The third-order valence-electron chi connectivity index (χ3n) is 2.57. The van der Waals surface area contributed by atoms with Crippen molar-refractivity contribution in [3.8, 4) is 0 Å². The Kier molecular flexibility index (Phi) is 2.86. The number of hydrogen-bond acceptors (Lipinski definition) is 2. The molecule has 82 valence electrons. The minimum atomic E-state index is 0.104. The Bertz CT molecular complexity index is 501. The summed E-state index contributed by atoms with van der Waals surface area (Å²) in [6.45, 7) is 3.98. The summed E-state index contributed by atoms with van der Waals surface area (Å²) in [6.07, 6.45) is 3.71. The van der Waals surface area contributed by atoms with E-state index >= 15 is 0 Å². The van der Waals surface area contributed by atoms with Crippen molar-refractivity contribution < 1.29 is 4.79 Å². The minimum Gasteiger partial charge on any atom is -0.348 e. The van der Waals surface area contributed by atoms with E-state index in [9.17, 15) is 4.79 Å². The summed E-state index contributed by atoms with van der Waals surface area (Å²) in [4.78, 5) is 19.0. The van der Waals surface area contributed by atoms with Crippen LogP contribution < -0.4 is 0 Å². The highest BCUT2D eigenvalue weighted by atomic mass is 16.1. The van der Waals surface area contributed by atoms with Gasteiger partial charge in [0.15, 0.2) is 5.78 Å². The third kappa shape index (κ3) is 2.19. The highest BCUT2D eigenvalue weighted by Gasteiger charge is 2.10. The molecule has 0 saturated heterocycles. The Morgan fingerprint density at radius 1 is 1.38 bits per heavy atom. The van der Waals surface area contributed by atoms with Crippen molar-refractivity contribution in [2.24, 2.45) is 0 Å². The molecule has 0 radical (unpaired) electrons. The highest BCUT2D eigenvalue weighted by molar-refractivity contribution is 5.98. The fraction of sp³-hybridized carbons (Fsp3) is 0.231. The van der Waals surface area contributed by atoms with Gasteiger partial charge in [0.2, 0.25) is 0 Å². The molecule has 0 aliphatic rings. The normalized spacial score (nSPS) is 10.4. The Hall–Kier alpha value is -1.90. The first-order chi connectivity index (χ1) is 7.66. The third-order valence-corrected chi connectivity index (χ3v) is 2.57. The van der Waals surface area contributed by atoms with Crippen LogP contribution in [-0.2, 0) is 6.42 Å². The van der Waals surface area contributed by atoms with Gasteiger partial charge in [-0.2, -0.15) is 0 Å². The lowest BCUT2D eigenvalue weighted by Gasteiger charge is -2.04. The SMILES string of the molecule is Cc1ccc(C(=O)Cc2ncc[nH]2)c(C)c1. The Morgan fingerprint density at radius 2 is 2.19 bits per heavy atom. The highest BCUT2D eigenvalue weighted by Crippen LogP contribution is 2.12. The van der Waals surface area contributed by atoms with Crippen molar-refractivity contribution >= 4 is 5.78 Å². The molecule has 2 rings (SSSR count).